The first-order valence-corrected chi connectivity index (χ1v) is 9.24. The summed E-state index contributed by atoms with van der Waals surface area (Å²) in [7, 11) is 0. The van der Waals surface area contributed by atoms with E-state index in [9.17, 15) is 9.90 Å². The number of rotatable bonds is 3. The van der Waals surface area contributed by atoms with E-state index >= 15 is 0 Å². The molecule has 0 saturated heterocycles. The van der Waals surface area contributed by atoms with Crippen molar-refractivity contribution in [2.24, 2.45) is 0 Å². The summed E-state index contributed by atoms with van der Waals surface area (Å²) in [5.74, 6) is 0.0302. The molecule has 4 aromatic rings. The number of hydrogen-bond donors (Lipinski definition) is 3. The molecule has 1 amide bonds. The number of thiophene rings is 1. The monoisotopic (exact) mass is 395 g/mol. The van der Waals surface area contributed by atoms with E-state index in [0.717, 1.165) is 0 Å². The van der Waals surface area contributed by atoms with Crippen LogP contribution in [-0.4, -0.2) is 21.1 Å². The zero-order valence-electron chi connectivity index (χ0n) is 13.8. The minimum Gasteiger partial charge on any atom is -0.507 e. The molecule has 0 aliphatic carbocycles. The number of fused-ring (bicyclic) bond motifs is 1. The number of phenols is 1. The summed E-state index contributed by atoms with van der Waals surface area (Å²) in [4.78, 5) is 16.9. The number of aromatic hydroxyl groups is 1. The van der Waals surface area contributed by atoms with Crippen LogP contribution in [0, 0.1) is 0 Å². The van der Waals surface area contributed by atoms with Gasteiger partial charge in [-0.25, -0.2) is 4.98 Å². The Morgan fingerprint density at radius 2 is 2.00 bits per heavy atom. The van der Waals surface area contributed by atoms with Crippen LogP contribution in [0.25, 0.3) is 22.6 Å². The second-order valence-electron chi connectivity index (χ2n) is 5.60. The summed E-state index contributed by atoms with van der Waals surface area (Å²) >= 11 is 6.47. The van der Waals surface area contributed by atoms with Gasteiger partial charge < -0.3 is 14.8 Å². The predicted molar refractivity (Wildman–Crippen MR) is 109 cm³/mol. The normalized spacial score (nSPS) is 10.7. The number of hydrogen-bond acceptors (Lipinski definition) is 6. The molecule has 4 rings (SSSR count). The highest BCUT2D eigenvalue weighted by Gasteiger charge is 2.14. The maximum atomic E-state index is 12.0. The third kappa shape index (κ3) is 3.67. The summed E-state index contributed by atoms with van der Waals surface area (Å²) in [5.41, 5.74) is 2.35. The molecule has 0 aliphatic heterocycles. The molecule has 3 N–H and O–H groups in total. The van der Waals surface area contributed by atoms with E-state index in [1.807, 2.05) is 29.6 Å². The standard InChI is InChI=1S/C19H13N3O3S2/c23-14-10-11(20-19(26)22-17(24)16-6-3-9-27-16)7-8-12(14)18-21-13-4-1-2-5-15(13)25-18/h1-10,23H,(H2,20,22,24,26). The fourth-order valence-electron chi connectivity index (χ4n) is 2.51. The molecule has 0 aliphatic rings. The summed E-state index contributed by atoms with van der Waals surface area (Å²) in [6.45, 7) is 0. The fraction of sp³-hybridized carbons (Fsp3) is 0. The van der Waals surface area contributed by atoms with Gasteiger partial charge in [0.1, 0.15) is 11.3 Å². The second kappa shape index (κ2) is 7.18. The van der Waals surface area contributed by atoms with Gasteiger partial charge in [-0.15, -0.1) is 11.3 Å². The lowest BCUT2D eigenvalue weighted by atomic mass is 10.2. The van der Waals surface area contributed by atoms with Crippen molar-refractivity contribution in [1.29, 1.82) is 0 Å². The molecule has 27 heavy (non-hydrogen) atoms. The summed E-state index contributed by atoms with van der Waals surface area (Å²) in [6.07, 6.45) is 0. The lowest BCUT2D eigenvalue weighted by Crippen LogP contribution is -2.33. The molecule has 0 fully saturated rings. The van der Waals surface area contributed by atoms with Crippen molar-refractivity contribution >= 4 is 51.4 Å². The van der Waals surface area contributed by atoms with Crippen molar-refractivity contribution in [3.8, 4) is 17.2 Å². The molecule has 0 spiro atoms. The van der Waals surface area contributed by atoms with Crippen LogP contribution in [0.15, 0.2) is 64.4 Å². The summed E-state index contributed by atoms with van der Waals surface area (Å²) in [6, 6.07) is 15.8. The number of nitrogens with one attached hydrogen (secondary N) is 2. The van der Waals surface area contributed by atoms with Crippen molar-refractivity contribution in [3.05, 3.63) is 64.9 Å². The largest absolute Gasteiger partial charge is 0.507 e. The average Bonchev–Trinajstić information content (AvgIpc) is 3.31. The van der Waals surface area contributed by atoms with Crippen LogP contribution in [0.2, 0.25) is 0 Å². The third-order valence-corrected chi connectivity index (χ3v) is 4.82. The number of nitrogens with zero attached hydrogens (tertiary/aromatic N) is 1. The predicted octanol–water partition coefficient (Wildman–Crippen LogP) is 4.39. The van der Waals surface area contributed by atoms with Gasteiger partial charge in [0.25, 0.3) is 5.91 Å². The highest BCUT2D eigenvalue weighted by Crippen LogP contribution is 2.33. The van der Waals surface area contributed by atoms with Crippen molar-refractivity contribution in [3.63, 3.8) is 0 Å². The van der Waals surface area contributed by atoms with Crippen LogP contribution in [0.4, 0.5) is 5.69 Å². The minimum atomic E-state index is -0.283. The Kier molecular flexibility index (Phi) is 4.57. The first-order chi connectivity index (χ1) is 13.1. The molecule has 2 aromatic carbocycles. The SMILES string of the molecule is O=C(NC(=S)Nc1ccc(-c2nc3ccccc3o2)c(O)c1)c1cccs1. The van der Waals surface area contributed by atoms with Gasteiger partial charge in [-0.05, 0) is 47.9 Å². The van der Waals surface area contributed by atoms with Crippen molar-refractivity contribution in [2.45, 2.75) is 0 Å². The number of anilines is 1. The van der Waals surface area contributed by atoms with Gasteiger partial charge in [-0.2, -0.15) is 0 Å². The number of aromatic nitrogens is 1. The maximum Gasteiger partial charge on any atom is 0.267 e. The lowest BCUT2D eigenvalue weighted by molar-refractivity contribution is 0.0981. The smallest absolute Gasteiger partial charge is 0.267 e. The van der Waals surface area contributed by atoms with Gasteiger partial charge in [0.05, 0.1) is 10.4 Å². The zero-order valence-corrected chi connectivity index (χ0v) is 15.4. The number of thiocarbonyl (C=S) groups is 1. The Balaban J connectivity index is 1.49. The lowest BCUT2D eigenvalue weighted by Gasteiger charge is -2.10. The van der Waals surface area contributed by atoms with E-state index in [0.29, 0.717) is 33.1 Å². The van der Waals surface area contributed by atoms with Gasteiger partial charge in [-0.1, -0.05) is 18.2 Å². The number of carbonyl (C=O) groups is 1. The van der Waals surface area contributed by atoms with Gasteiger partial charge >= 0.3 is 0 Å². The molecule has 0 radical (unpaired) electrons. The van der Waals surface area contributed by atoms with Crippen LogP contribution in [0.3, 0.4) is 0 Å². The number of phenolic OH excluding ortho intramolecular Hbond substituents is 1. The minimum absolute atomic E-state index is 0.0149. The highest BCUT2D eigenvalue weighted by atomic mass is 32.1. The molecule has 2 aromatic heterocycles. The Bertz CT molecular complexity index is 1100. The molecule has 0 unspecified atom stereocenters. The first kappa shape index (κ1) is 17.2. The molecule has 8 heteroatoms. The van der Waals surface area contributed by atoms with E-state index in [1.165, 1.54) is 17.4 Å². The number of amides is 1. The average molecular weight is 395 g/mol. The second-order valence-corrected chi connectivity index (χ2v) is 6.96. The molecular weight excluding hydrogens is 382 g/mol. The van der Waals surface area contributed by atoms with Crippen LogP contribution >= 0.6 is 23.6 Å². The molecule has 0 atom stereocenters. The molecule has 0 saturated carbocycles. The Morgan fingerprint density at radius 1 is 1.15 bits per heavy atom. The van der Waals surface area contributed by atoms with Gasteiger partial charge in [0.2, 0.25) is 5.89 Å². The molecular formula is C19H13N3O3S2. The quantitative estimate of drug-likeness (QED) is 0.446. The van der Waals surface area contributed by atoms with Crippen LogP contribution < -0.4 is 10.6 Å². The van der Waals surface area contributed by atoms with E-state index in [4.69, 9.17) is 16.6 Å². The Labute approximate surface area is 163 Å². The number of para-hydroxylation sites is 2. The summed E-state index contributed by atoms with van der Waals surface area (Å²) < 4.78 is 5.68. The third-order valence-electron chi connectivity index (χ3n) is 3.75. The van der Waals surface area contributed by atoms with Crippen LogP contribution in [-0.2, 0) is 0 Å². The Hall–Kier alpha value is -3.23. The number of carbonyl (C=O) groups excluding carboxylic acids is 1. The van der Waals surface area contributed by atoms with Crippen molar-refractivity contribution in [2.75, 3.05) is 5.32 Å². The van der Waals surface area contributed by atoms with Gasteiger partial charge in [0.15, 0.2) is 10.7 Å². The molecule has 6 nitrogen and oxygen atoms in total. The zero-order chi connectivity index (χ0) is 18.8. The molecule has 2 heterocycles. The maximum absolute atomic E-state index is 12.0. The first-order valence-electron chi connectivity index (χ1n) is 7.95. The fourth-order valence-corrected chi connectivity index (χ4v) is 3.34. The molecule has 0 bridgehead atoms. The number of oxazole rings is 1. The van der Waals surface area contributed by atoms with Crippen molar-refractivity contribution in [1.82, 2.24) is 10.3 Å². The van der Waals surface area contributed by atoms with E-state index < -0.39 is 0 Å². The van der Waals surface area contributed by atoms with Gasteiger partial charge in [0, 0.05) is 11.8 Å². The highest BCUT2D eigenvalue weighted by molar-refractivity contribution is 7.80. The van der Waals surface area contributed by atoms with E-state index in [-0.39, 0.29) is 16.8 Å². The van der Waals surface area contributed by atoms with Crippen molar-refractivity contribution < 1.29 is 14.3 Å². The van der Waals surface area contributed by atoms with Crippen LogP contribution in [0.5, 0.6) is 5.75 Å². The van der Waals surface area contributed by atoms with Crippen LogP contribution in [0.1, 0.15) is 9.67 Å². The molecule has 134 valence electrons. The Morgan fingerprint density at radius 3 is 2.74 bits per heavy atom. The van der Waals surface area contributed by atoms with E-state index in [2.05, 4.69) is 15.6 Å². The van der Waals surface area contributed by atoms with E-state index in [1.54, 1.807) is 24.3 Å². The number of benzene rings is 2. The van der Waals surface area contributed by atoms with Gasteiger partial charge in [-0.3, -0.25) is 10.1 Å². The topological polar surface area (TPSA) is 87.4 Å². The summed E-state index contributed by atoms with van der Waals surface area (Å²) in [5, 5.41) is 17.8.